The van der Waals surface area contributed by atoms with Crippen molar-refractivity contribution < 1.29 is 4.79 Å². The van der Waals surface area contributed by atoms with Gasteiger partial charge < -0.3 is 4.57 Å². The molecule has 0 atom stereocenters. The van der Waals surface area contributed by atoms with E-state index in [1.807, 2.05) is 12.3 Å². The van der Waals surface area contributed by atoms with Gasteiger partial charge in [-0.05, 0) is 20.3 Å². The topological polar surface area (TPSA) is 92.7 Å². The van der Waals surface area contributed by atoms with Gasteiger partial charge in [-0.2, -0.15) is 4.98 Å². The lowest BCUT2D eigenvalue weighted by atomic mass is 10.3. The zero-order valence-electron chi connectivity index (χ0n) is 10.8. The minimum atomic E-state index is -0.153. The predicted molar refractivity (Wildman–Crippen MR) is 72.3 cm³/mol. The van der Waals surface area contributed by atoms with Gasteiger partial charge in [-0.25, -0.2) is 0 Å². The molecule has 7 nitrogen and oxygen atoms in total. The van der Waals surface area contributed by atoms with Gasteiger partial charge >= 0.3 is 4.87 Å². The largest absolute Gasteiger partial charge is 0.307 e. The molecule has 0 radical (unpaired) electrons. The monoisotopic (exact) mass is 281 g/mol. The molecule has 0 saturated heterocycles. The number of nitrogens with one attached hydrogen (secondary N) is 2. The van der Waals surface area contributed by atoms with Crippen molar-refractivity contribution in [2.75, 3.05) is 5.32 Å². The fourth-order valence-electron chi connectivity index (χ4n) is 1.66. The van der Waals surface area contributed by atoms with E-state index in [1.54, 1.807) is 11.5 Å². The summed E-state index contributed by atoms with van der Waals surface area (Å²) in [5.74, 6) is 0.780. The third-order valence-corrected chi connectivity index (χ3v) is 3.49. The molecule has 0 aromatic carbocycles. The number of anilines is 1. The molecule has 0 spiro atoms. The van der Waals surface area contributed by atoms with Crippen LogP contribution in [0.4, 0.5) is 5.95 Å². The van der Waals surface area contributed by atoms with E-state index < -0.39 is 0 Å². The van der Waals surface area contributed by atoms with Gasteiger partial charge in [0.15, 0.2) is 0 Å². The molecule has 0 fully saturated rings. The summed E-state index contributed by atoms with van der Waals surface area (Å²) < 4.78 is 1.68. The average molecular weight is 281 g/mol. The molecule has 0 unspecified atom stereocenters. The van der Waals surface area contributed by atoms with Crippen LogP contribution in [-0.4, -0.2) is 25.7 Å². The maximum Gasteiger partial charge on any atom is 0.307 e. The van der Waals surface area contributed by atoms with E-state index in [1.165, 1.54) is 11.3 Å². The molecule has 2 heterocycles. The number of H-pyrrole nitrogens is 1. The molecular formula is C11H15N5O2S. The van der Waals surface area contributed by atoms with Crippen LogP contribution in [0.15, 0.2) is 10.2 Å². The Labute approximate surface area is 113 Å². The first kappa shape index (κ1) is 13.5. The van der Waals surface area contributed by atoms with Crippen molar-refractivity contribution in [2.45, 2.75) is 33.2 Å². The molecule has 0 saturated carbocycles. The summed E-state index contributed by atoms with van der Waals surface area (Å²) in [6.07, 6.45) is 0.933. The van der Waals surface area contributed by atoms with Crippen LogP contribution in [0.2, 0.25) is 0 Å². The zero-order valence-corrected chi connectivity index (χ0v) is 11.6. The Kier molecular flexibility index (Phi) is 4.10. The van der Waals surface area contributed by atoms with Gasteiger partial charge in [0, 0.05) is 24.0 Å². The van der Waals surface area contributed by atoms with Crippen LogP contribution >= 0.6 is 11.3 Å². The number of thiazole rings is 1. The lowest BCUT2D eigenvalue weighted by molar-refractivity contribution is -0.116. The van der Waals surface area contributed by atoms with Gasteiger partial charge in [0.1, 0.15) is 5.82 Å². The molecule has 8 heteroatoms. The molecule has 2 aromatic rings. The van der Waals surface area contributed by atoms with Gasteiger partial charge in [0.2, 0.25) is 11.9 Å². The highest BCUT2D eigenvalue weighted by molar-refractivity contribution is 7.07. The van der Waals surface area contributed by atoms with Crippen molar-refractivity contribution in [3.63, 3.8) is 0 Å². The molecule has 2 rings (SSSR count). The second kappa shape index (κ2) is 5.79. The minimum absolute atomic E-state index is 0.0162. The van der Waals surface area contributed by atoms with E-state index >= 15 is 0 Å². The molecule has 1 amide bonds. The second-order valence-electron chi connectivity index (χ2n) is 4.19. The molecule has 0 aliphatic carbocycles. The summed E-state index contributed by atoms with van der Waals surface area (Å²) >= 11 is 1.18. The van der Waals surface area contributed by atoms with Crippen LogP contribution in [0, 0.1) is 13.8 Å². The Hall–Kier alpha value is -1.96. The number of carbonyl (C=O) groups is 1. The molecular weight excluding hydrogens is 266 g/mol. The van der Waals surface area contributed by atoms with Crippen LogP contribution in [-0.2, 0) is 11.3 Å². The highest BCUT2D eigenvalue weighted by Crippen LogP contribution is 2.04. The van der Waals surface area contributed by atoms with E-state index in [2.05, 4.69) is 20.5 Å². The first-order valence-corrected chi connectivity index (χ1v) is 6.78. The molecule has 0 bridgehead atoms. The van der Waals surface area contributed by atoms with E-state index in [-0.39, 0.29) is 16.7 Å². The average Bonchev–Trinajstić information content (AvgIpc) is 2.89. The van der Waals surface area contributed by atoms with Crippen molar-refractivity contribution in [1.29, 1.82) is 0 Å². The van der Waals surface area contributed by atoms with Gasteiger partial charge in [0.25, 0.3) is 0 Å². The number of aromatic nitrogens is 4. The Morgan fingerprint density at radius 3 is 2.89 bits per heavy atom. The zero-order chi connectivity index (χ0) is 13.8. The SMILES string of the molecule is Cc1nc(NC(=O)CCCn2c(C)csc2=O)n[nH]1. The van der Waals surface area contributed by atoms with Gasteiger partial charge in [0.05, 0.1) is 0 Å². The maximum absolute atomic E-state index is 11.6. The van der Waals surface area contributed by atoms with Gasteiger partial charge in [-0.1, -0.05) is 11.3 Å². The fourth-order valence-corrected chi connectivity index (χ4v) is 2.42. The highest BCUT2D eigenvalue weighted by atomic mass is 32.1. The third-order valence-electron chi connectivity index (χ3n) is 2.61. The number of amides is 1. The number of aromatic amines is 1. The molecule has 2 N–H and O–H groups in total. The second-order valence-corrected chi connectivity index (χ2v) is 5.01. The van der Waals surface area contributed by atoms with Crippen LogP contribution in [0.25, 0.3) is 0 Å². The lowest BCUT2D eigenvalue weighted by Crippen LogP contribution is -2.17. The lowest BCUT2D eigenvalue weighted by Gasteiger charge is -2.04. The van der Waals surface area contributed by atoms with Crippen molar-refractivity contribution in [2.24, 2.45) is 0 Å². The van der Waals surface area contributed by atoms with Crippen LogP contribution < -0.4 is 10.2 Å². The number of hydrogen-bond donors (Lipinski definition) is 2. The molecule has 102 valence electrons. The number of aryl methyl sites for hydroxylation is 2. The van der Waals surface area contributed by atoms with Crippen molar-refractivity contribution in [1.82, 2.24) is 19.7 Å². The smallest absolute Gasteiger partial charge is 0.303 e. The quantitative estimate of drug-likeness (QED) is 0.857. The fraction of sp³-hybridized carbons (Fsp3) is 0.455. The summed E-state index contributed by atoms with van der Waals surface area (Å²) in [6.45, 7) is 4.19. The number of rotatable bonds is 5. The predicted octanol–water partition coefficient (Wildman–Crippen LogP) is 1.06. The Balaban J connectivity index is 1.80. The summed E-state index contributed by atoms with van der Waals surface area (Å²) in [6, 6.07) is 0. The van der Waals surface area contributed by atoms with Crippen LogP contribution in [0.5, 0.6) is 0 Å². The standard InChI is InChI=1S/C11H15N5O2S/c1-7-6-19-11(18)16(7)5-3-4-9(17)13-10-12-8(2)14-15-10/h6H,3-5H2,1-2H3,(H2,12,13,14,15,17). The van der Waals surface area contributed by atoms with Crippen LogP contribution in [0.3, 0.4) is 0 Å². The Bertz CT molecular complexity index is 627. The van der Waals surface area contributed by atoms with Crippen molar-refractivity contribution in [3.8, 4) is 0 Å². The normalized spacial score (nSPS) is 10.6. The Morgan fingerprint density at radius 2 is 2.32 bits per heavy atom. The third kappa shape index (κ3) is 3.50. The van der Waals surface area contributed by atoms with Gasteiger partial charge in [-0.15, -0.1) is 5.10 Å². The number of nitrogens with zero attached hydrogens (tertiary/aromatic N) is 3. The van der Waals surface area contributed by atoms with E-state index in [4.69, 9.17) is 0 Å². The highest BCUT2D eigenvalue weighted by Gasteiger charge is 2.07. The minimum Gasteiger partial charge on any atom is -0.303 e. The molecule has 19 heavy (non-hydrogen) atoms. The molecule has 2 aromatic heterocycles. The van der Waals surface area contributed by atoms with E-state index in [9.17, 15) is 9.59 Å². The van der Waals surface area contributed by atoms with E-state index in [0.29, 0.717) is 25.2 Å². The summed E-state index contributed by atoms with van der Waals surface area (Å²) in [4.78, 5) is 27.1. The summed E-state index contributed by atoms with van der Waals surface area (Å²) in [5.41, 5.74) is 0.931. The molecule has 0 aliphatic rings. The van der Waals surface area contributed by atoms with Crippen LogP contribution in [0.1, 0.15) is 24.4 Å². The summed E-state index contributed by atoms with van der Waals surface area (Å²) in [5, 5.41) is 10.9. The number of carbonyl (C=O) groups excluding carboxylic acids is 1. The summed E-state index contributed by atoms with van der Waals surface area (Å²) in [7, 11) is 0. The first-order chi connectivity index (χ1) is 9.06. The van der Waals surface area contributed by atoms with E-state index in [0.717, 1.165) is 5.69 Å². The molecule has 0 aliphatic heterocycles. The van der Waals surface area contributed by atoms with Crippen molar-refractivity contribution in [3.05, 3.63) is 26.6 Å². The van der Waals surface area contributed by atoms with Crippen molar-refractivity contribution >= 4 is 23.2 Å². The maximum atomic E-state index is 11.6. The van der Waals surface area contributed by atoms with Gasteiger partial charge in [-0.3, -0.25) is 20.0 Å². The Morgan fingerprint density at radius 1 is 1.53 bits per heavy atom. The number of hydrogen-bond acceptors (Lipinski definition) is 5. The first-order valence-electron chi connectivity index (χ1n) is 5.90.